The number of aromatic nitrogens is 4. The molecular formula is C20H14ClF3N6O. The van der Waals surface area contributed by atoms with Gasteiger partial charge in [-0.05, 0) is 31.2 Å². The van der Waals surface area contributed by atoms with Gasteiger partial charge in [0.2, 0.25) is 0 Å². The average Bonchev–Trinajstić information content (AvgIpc) is 3.09. The van der Waals surface area contributed by atoms with Crippen LogP contribution in [-0.4, -0.2) is 25.3 Å². The van der Waals surface area contributed by atoms with E-state index in [1.807, 2.05) is 0 Å². The summed E-state index contributed by atoms with van der Waals surface area (Å²) in [6, 6.07) is 7.94. The standard InChI is InChI=1S/C20H14ClF3N6O/c1-10-28-16(17-18(25)27-9-14(21)30(10)17)11-2-4-12(5-3-11)19(31)29-15-8-13(6-7-26-15)20(22,23)24/h2-9H,1H3,(H2,25,27)(H,26,29,31). The van der Waals surface area contributed by atoms with E-state index in [-0.39, 0.29) is 17.2 Å². The van der Waals surface area contributed by atoms with Crippen LogP contribution in [0.5, 0.6) is 0 Å². The quantitative estimate of drug-likeness (QED) is 0.479. The summed E-state index contributed by atoms with van der Waals surface area (Å²) in [5, 5.41) is 2.71. The molecule has 3 aromatic heterocycles. The lowest BCUT2D eigenvalue weighted by molar-refractivity contribution is -0.137. The smallest absolute Gasteiger partial charge is 0.382 e. The molecule has 11 heteroatoms. The second-order valence-corrected chi connectivity index (χ2v) is 7.00. The molecule has 0 unspecified atom stereocenters. The number of nitrogens with two attached hydrogens (primary N) is 1. The fourth-order valence-corrected chi connectivity index (χ4v) is 3.37. The van der Waals surface area contributed by atoms with Crippen LogP contribution in [0.2, 0.25) is 5.15 Å². The van der Waals surface area contributed by atoms with Gasteiger partial charge in [-0.15, -0.1) is 0 Å². The van der Waals surface area contributed by atoms with Gasteiger partial charge in [0.1, 0.15) is 33.8 Å². The molecule has 7 nitrogen and oxygen atoms in total. The van der Waals surface area contributed by atoms with Crippen molar-refractivity contribution in [3.8, 4) is 11.3 Å². The third kappa shape index (κ3) is 3.89. The monoisotopic (exact) mass is 446 g/mol. The Morgan fingerprint density at radius 3 is 2.55 bits per heavy atom. The van der Waals surface area contributed by atoms with E-state index in [2.05, 4.69) is 20.3 Å². The second kappa shape index (κ2) is 7.55. The highest BCUT2D eigenvalue weighted by atomic mass is 35.5. The van der Waals surface area contributed by atoms with E-state index in [4.69, 9.17) is 17.3 Å². The van der Waals surface area contributed by atoms with Crippen LogP contribution in [0, 0.1) is 6.92 Å². The number of carbonyl (C=O) groups excluding carboxylic acids is 1. The Hall–Kier alpha value is -3.66. The molecule has 3 heterocycles. The Kier molecular flexibility index (Phi) is 5.02. The molecule has 4 aromatic rings. The van der Waals surface area contributed by atoms with Crippen LogP contribution < -0.4 is 11.1 Å². The molecular weight excluding hydrogens is 433 g/mol. The molecule has 0 aliphatic carbocycles. The lowest BCUT2D eigenvalue weighted by Gasteiger charge is -2.09. The molecule has 0 bridgehead atoms. The van der Waals surface area contributed by atoms with E-state index in [1.165, 1.54) is 18.3 Å². The summed E-state index contributed by atoms with van der Waals surface area (Å²) in [4.78, 5) is 24.8. The first-order valence-corrected chi connectivity index (χ1v) is 9.27. The summed E-state index contributed by atoms with van der Waals surface area (Å²) >= 11 is 6.19. The molecule has 0 saturated heterocycles. The Bertz CT molecular complexity index is 1300. The number of imidazole rings is 1. The Morgan fingerprint density at radius 2 is 1.87 bits per heavy atom. The van der Waals surface area contributed by atoms with Crippen LogP contribution in [0.1, 0.15) is 21.7 Å². The van der Waals surface area contributed by atoms with Gasteiger partial charge in [-0.1, -0.05) is 23.7 Å². The molecule has 0 aliphatic rings. The maximum Gasteiger partial charge on any atom is 0.416 e. The number of hydrogen-bond acceptors (Lipinski definition) is 5. The van der Waals surface area contributed by atoms with Crippen LogP contribution in [-0.2, 0) is 6.18 Å². The van der Waals surface area contributed by atoms with Crippen LogP contribution in [0.25, 0.3) is 16.8 Å². The molecule has 0 atom stereocenters. The van der Waals surface area contributed by atoms with Gasteiger partial charge < -0.3 is 11.1 Å². The number of amides is 1. The highest BCUT2D eigenvalue weighted by Crippen LogP contribution is 2.31. The molecule has 0 fully saturated rings. The number of rotatable bonds is 3. The number of carbonyl (C=O) groups is 1. The number of fused-ring (bicyclic) bond motifs is 1. The van der Waals surface area contributed by atoms with Gasteiger partial charge in [0, 0.05) is 17.3 Å². The number of halogens is 4. The third-order valence-electron chi connectivity index (χ3n) is 4.56. The summed E-state index contributed by atoms with van der Waals surface area (Å²) in [7, 11) is 0. The first kappa shape index (κ1) is 20.6. The molecule has 1 aromatic carbocycles. The van der Waals surface area contributed by atoms with E-state index < -0.39 is 17.6 Å². The SMILES string of the molecule is Cc1nc(-c2ccc(C(=O)Nc3cc(C(F)(F)F)ccn3)cc2)c2c(N)ncc(Cl)n12. The number of anilines is 2. The predicted octanol–water partition coefficient (Wildman–Crippen LogP) is 4.61. The first-order chi connectivity index (χ1) is 14.6. The van der Waals surface area contributed by atoms with Crippen LogP contribution >= 0.6 is 11.6 Å². The molecule has 31 heavy (non-hydrogen) atoms. The van der Waals surface area contributed by atoms with Crippen molar-refractivity contribution >= 4 is 34.7 Å². The van der Waals surface area contributed by atoms with Crippen LogP contribution in [0.15, 0.2) is 48.8 Å². The summed E-state index contributed by atoms with van der Waals surface area (Å²) in [6.45, 7) is 1.77. The van der Waals surface area contributed by atoms with Gasteiger partial charge in [0.15, 0.2) is 0 Å². The third-order valence-corrected chi connectivity index (χ3v) is 4.83. The van der Waals surface area contributed by atoms with Gasteiger partial charge >= 0.3 is 6.18 Å². The van der Waals surface area contributed by atoms with Crippen molar-refractivity contribution in [2.75, 3.05) is 11.1 Å². The molecule has 4 rings (SSSR count). The Labute approximate surface area is 178 Å². The highest BCUT2D eigenvalue weighted by molar-refractivity contribution is 6.29. The molecule has 0 radical (unpaired) electrons. The van der Waals surface area contributed by atoms with Gasteiger partial charge in [0.05, 0.1) is 11.8 Å². The lowest BCUT2D eigenvalue weighted by Crippen LogP contribution is -2.14. The molecule has 0 aliphatic heterocycles. The van der Waals surface area contributed by atoms with Gasteiger partial charge in [-0.3, -0.25) is 9.20 Å². The summed E-state index contributed by atoms with van der Waals surface area (Å²) in [6.07, 6.45) is -2.12. The minimum atomic E-state index is -4.53. The largest absolute Gasteiger partial charge is 0.416 e. The summed E-state index contributed by atoms with van der Waals surface area (Å²) < 4.78 is 40.2. The fraction of sp³-hybridized carbons (Fsp3) is 0.100. The number of nitrogens with one attached hydrogen (secondary N) is 1. The van der Waals surface area contributed by atoms with E-state index in [1.54, 1.807) is 23.5 Å². The average molecular weight is 447 g/mol. The molecule has 1 amide bonds. The normalized spacial score (nSPS) is 11.6. The fourth-order valence-electron chi connectivity index (χ4n) is 3.12. The molecule has 0 spiro atoms. The van der Waals surface area contributed by atoms with Gasteiger partial charge in [0.25, 0.3) is 5.91 Å². The predicted molar refractivity (Wildman–Crippen MR) is 110 cm³/mol. The zero-order chi connectivity index (χ0) is 22.3. The lowest BCUT2D eigenvalue weighted by atomic mass is 10.1. The van der Waals surface area contributed by atoms with Crippen LogP contribution in [0.4, 0.5) is 24.8 Å². The topological polar surface area (TPSA) is 98.2 Å². The Morgan fingerprint density at radius 1 is 1.16 bits per heavy atom. The van der Waals surface area contributed by atoms with Gasteiger partial charge in [-0.25, -0.2) is 15.0 Å². The number of benzene rings is 1. The summed E-state index contributed by atoms with van der Waals surface area (Å²) in [5.41, 5.74) is 7.07. The Balaban J connectivity index is 1.62. The molecule has 158 valence electrons. The highest BCUT2D eigenvalue weighted by Gasteiger charge is 2.30. The maximum absolute atomic E-state index is 12.8. The van der Waals surface area contributed by atoms with E-state index in [0.29, 0.717) is 27.8 Å². The number of aryl methyl sites for hydroxylation is 1. The van der Waals surface area contributed by atoms with Gasteiger partial charge in [-0.2, -0.15) is 13.2 Å². The van der Waals surface area contributed by atoms with Crippen molar-refractivity contribution in [3.05, 3.63) is 70.9 Å². The van der Waals surface area contributed by atoms with Crippen molar-refractivity contribution in [3.63, 3.8) is 0 Å². The van der Waals surface area contributed by atoms with Crippen molar-refractivity contribution in [2.24, 2.45) is 0 Å². The van der Waals surface area contributed by atoms with Crippen molar-refractivity contribution in [2.45, 2.75) is 13.1 Å². The van der Waals surface area contributed by atoms with E-state index >= 15 is 0 Å². The number of nitrogens with zero attached hydrogens (tertiary/aromatic N) is 4. The van der Waals surface area contributed by atoms with E-state index in [9.17, 15) is 18.0 Å². The summed E-state index contributed by atoms with van der Waals surface area (Å²) in [5.74, 6) is 0.0561. The minimum absolute atomic E-state index is 0.201. The zero-order valence-electron chi connectivity index (χ0n) is 15.9. The van der Waals surface area contributed by atoms with Crippen molar-refractivity contribution in [1.82, 2.24) is 19.4 Å². The van der Waals surface area contributed by atoms with Crippen molar-refractivity contribution in [1.29, 1.82) is 0 Å². The number of pyridine rings is 1. The minimum Gasteiger partial charge on any atom is -0.382 e. The second-order valence-electron chi connectivity index (χ2n) is 6.62. The first-order valence-electron chi connectivity index (χ1n) is 8.89. The number of hydrogen-bond donors (Lipinski definition) is 2. The van der Waals surface area contributed by atoms with E-state index in [0.717, 1.165) is 18.3 Å². The molecule has 0 saturated carbocycles. The maximum atomic E-state index is 12.8. The zero-order valence-corrected chi connectivity index (χ0v) is 16.7. The number of nitrogen functional groups attached to an aromatic ring is 1. The number of alkyl halides is 3. The van der Waals surface area contributed by atoms with Crippen LogP contribution in [0.3, 0.4) is 0 Å². The molecule has 3 N–H and O–H groups in total. The van der Waals surface area contributed by atoms with Crippen molar-refractivity contribution < 1.29 is 18.0 Å².